The summed E-state index contributed by atoms with van der Waals surface area (Å²) in [4.78, 5) is 11.8. The van der Waals surface area contributed by atoms with Crippen LogP contribution in [0.15, 0.2) is 0 Å². The SMILES string of the molecule is CCOc1nc(N)nc(NCC2(O)CCOC2C)n1. The van der Waals surface area contributed by atoms with Crippen molar-refractivity contribution in [3.8, 4) is 6.01 Å². The van der Waals surface area contributed by atoms with Crippen molar-refractivity contribution < 1.29 is 14.6 Å². The number of aliphatic hydroxyl groups is 1. The zero-order valence-corrected chi connectivity index (χ0v) is 11.1. The maximum Gasteiger partial charge on any atom is 0.323 e. The van der Waals surface area contributed by atoms with Gasteiger partial charge in [0.2, 0.25) is 11.9 Å². The van der Waals surface area contributed by atoms with Crippen molar-refractivity contribution in [2.24, 2.45) is 0 Å². The fraction of sp³-hybridized carbons (Fsp3) is 0.727. The molecule has 0 spiro atoms. The number of hydrogen-bond donors (Lipinski definition) is 3. The molecule has 1 saturated heterocycles. The molecule has 2 rings (SSSR count). The molecule has 2 heterocycles. The molecule has 0 aliphatic carbocycles. The van der Waals surface area contributed by atoms with Crippen LogP contribution in [0.25, 0.3) is 0 Å². The number of anilines is 2. The largest absolute Gasteiger partial charge is 0.464 e. The molecule has 8 nitrogen and oxygen atoms in total. The number of aromatic nitrogens is 3. The summed E-state index contributed by atoms with van der Waals surface area (Å²) >= 11 is 0. The highest BCUT2D eigenvalue weighted by atomic mass is 16.5. The average Bonchev–Trinajstić information content (AvgIpc) is 2.68. The monoisotopic (exact) mass is 269 g/mol. The van der Waals surface area contributed by atoms with Gasteiger partial charge in [0, 0.05) is 19.6 Å². The fourth-order valence-corrected chi connectivity index (χ4v) is 1.88. The van der Waals surface area contributed by atoms with Crippen LogP contribution in [-0.2, 0) is 4.74 Å². The molecule has 1 aromatic heterocycles. The summed E-state index contributed by atoms with van der Waals surface area (Å²) in [5.41, 5.74) is 4.64. The van der Waals surface area contributed by atoms with Crippen LogP contribution in [-0.4, -0.2) is 51.5 Å². The number of hydrogen-bond acceptors (Lipinski definition) is 8. The lowest BCUT2D eigenvalue weighted by molar-refractivity contribution is -0.0177. The van der Waals surface area contributed by atoms with E-state index in [1.807, 2.05) is 13.8 Å². The van der Waals surface area contributed by atoms with Crippen LogP contribution < -0.4 is 15.8 Å². The molecule has 1 aliphatic rings. The molecular formula is C11H19N5O3. The van der Waals surface area contributed by atoms with Gasteiger partial charge in [-0.1, -0.05) is 0 Å². The molecular weight excluding hydrogens is 250 g/mol. The first kappa shape index (κ1) is 13.8. The molecule has 1 fully saturated rings. The third kappa shape index (κ3) is 3.21. The quantitative estimate of drug-likeness (QED) is 0.673. The molecule has 2 unspecified atom stereocenters. The van der Waals surface area contributed by atoms with Gasteiger partial charge >= 0.3 is 6.01 Å². The first-order valence-electron chi connectivity index (χ1n) is 6.25. The second kappa shape index (κ2) is 5.54. The Morgan fingerprint density at radius 3 is 2.95 bits per heavy atom. The van der Waals surface area contributed by atoms with Crippen LogP contribution in [0.3, 0.4) is 0 Å². The van der Waals surface area contributed by atoms with Gasteiger partial charge in [-0.15, -0.1) is 0 Å². The van der Waals surface area contributed by atoms with Gasteiger partial charge in [-0.25, -0.2) is 0 Å². The van der Waals surface area contributed by atoms with E-state index in [1.165, 1.54) is 0 Å². The van der Waals surface area contributed by atoms with Crippen molar-refractivity contribution in [3.63, 3.8) is 0 Å². The first-order valence-corrected chi connectivity index (χ1v) is 6.25. The lowest BCUT2D eigenvalue weighted by atomic mass is 9.97. The molecule has 8 heteroatoms. The van der Waals surface area contributed by atoms with Crippen molar-refractivity contribution in [2.75, 3.05) is 30.8 Å². The molecule has 0 saturated carbocycles. The summed E-state index contributed by atoms with van der Waals surface area (Å²) in [7, 11) is 0. The number of rotatable bonds is 5. The Hall–Kier alpha value is -1.67. The highest BCUT2D eigenvalue weighted by molar-refractivity contribution is 5.33. The Kier molecular flexibility index (Phi) is 4.01. The molecule has 4 N–H and O–H groups in total. The van der Waals surface area contributed by atoms with Gasteiger partial charge in [0.15, 0.2) is 0 Å². The topological polar surface area (TPSA) is 115 Å². The summed E-state index contributed by atoms with van der Waals surface area (Å²) < 4.78 is 10.5. The second-order valence-electron chi connectivity index (χ2n) is 4.45. The van der Waals surface area contributed by atoms with Crippen LogP contribution >= 0.6 is 0 Å². The summed E-state index contributed by atoms with van der Waals surface area (Å²) in [5, 5.41) is 13.3. The lowest BCUT2D eigenvalue weighted by Crippen LogP contribution is -2.43. The van der Waals surface area contributed by atoms with Gasteiger partial charge in [-0.05, 0) is 13.8 Å². The fourth-order valence-electron chi connectivity index (χ4n) is 1.88. The number of nitrogens with two attached hydrogens (primary N) is 1. The van der Waals surface area contributed by atoms with Crippen LogP contribution in [0.5, 0.6) is 6.01 Å². The maximum atomic E-state index is 10.3. The second-order valence-corrected chi connectivity index (χ2v) is 4.45. The van der Waals surface area contributed by atoms with E-state index in [0.29, 0.717) is 19.6 Å². The van der Waals surface area contributed by atoms with Crippen LogP contribution in [0.4, 0.5) is 11.9 Å². The summed E-state index contributed by atoms with van der Waals surface area (Å²) in [6, 6.07) is 0.167. The zero-order chi connectivity index (χ0) is 13.9. The Morgan fingerprint density at radius 2 is 2.32 bits per heavy atom. The van der Waals surface area contributed by atoms with Crippen molar-refractivity contribution in [3.05, 3.63) is 0 Å². The minimum Gasteiger partial charge on any atom is -0.464 e. The smallest absolute Gasteiger partial charge is 0.323 e. The van der Waals surface area contributed by atoms with E-state index in [0.717, 1.165) is 0 Å². The molecule has 2 atom stereocenters. The van der Waals surface area contributed by atoms with E-state index in [1.54, 1.807) is 0 Å². The van der Waals surface area contributed by atoms with Gasteiger partial charge in [0.1, 0.15) is 5.60 Å². The Labute approximate surface area is 111 Å². The van der Waals surface area contributed by atoms with E-state index in [9.17, 15) is 5.11 Å². The van der Waals surface area contributed by atoms with E-state index >= 15 is 0 Å². The van der Waals surface area contributed by atoms with E-state index in [4.69, 9.17) is 15.2 Å². The predicted octanol–water partition coefficient (Wildman–Crippen LogP) is -0.196. The molecule has 0 radical (unpaired) electrons. The van der Waals surface area contributed by atoms with Crippen molar-refractivity contribution in [1.82, 2.24) is 15.0 Å². The average molecular weight is 269 g/mol. The number of nitrogens with zero attached hydrogens (tertiary/aromatic N) is 3. The molecule has 0 bridgehead atoms. The molecule has 0 amide bonds. The Balaban J connectivity index is 2.03. The number of ether oxygens (including phenoxy) is 2. The summed E-state index contributed by atoms with van der Waals surface area (Å²) in [6.45, 7) is 4.93. The summed E-state index contributed by atoms with van der Waals surface area (Å²) in [6.07, 6.45) is 0.339. The molecule has 0 aromatic carbocycles. The molecule has 106 valence electrons. The lowest BCUT2D eigenvalue weighted by Gasteiger charge is -2.26. The highest BCUT2D eigenvalue weighted by Crippen LogP contribution is 2.25. The maximum absolute atomic E-state index is 10.3. The van der Waals surface area contributed by atoms with Gasteiger partial charge in [0.25, 0.3) is 0 Å². The zero-order valence-electron chi connectivity index (χ0n) is 11.1. The van der Waals surface area contributed by atoms with Gasteiger partial charge in [-0.2, -0.15) is 15.0 Å². The normalized spacial score (nSPS) is 26.4. The third-order valence-corrected chi connectivity index (χ3v) is 3.12. The Bertz CT molecular complexity index is 444. The molecule has 19 heavy (non-hydrogen) atoms. The summed E-state index contributed by atoms with van der Waals surface area (Å²) in [5.74, 6) is 0.354. The van der Waals surface area contributed by atoms with Crippen molar-refractivity contribution >= 4 is 11.9 Å². The van der Waals surface area contributed by atoms with E-state index in [-0.39, 0.29) is 30.6 Å². The van der Waals surface area contributed by atoms with Gasteiger partial charge in [0.05, 0.1) is 12.7 Å². The van der Waals surface area contributed by atoms with Gasteiger partial charge in [-0.3, -0.25) is 0 Å². The minimum absolute atomic E-state index is 0.0728. The van der Waals surface area contributed by atoms with Crippen molar-refractivity contribution in [1.29, 1.82) is 0 Å². The number of nitrogens with one attached hydrogen (secondary N) is 1. The Morgan fingerprint density at radius 1 is 1.53 bits per heavy atom. The highest BCUT2D eigenvalue weighted by Gasteiger charge is 2.39. The van der Waals surface area contributed by atoms with Crippen LogP contribution in [0.2, 0.25) is 0 Å². The minimum atomic E-state index is -0.923. The van der Waals surface area contributed by atoms with Crippen molar-refractivity contribution in [2.45, 2.75) is 32.0 Å². The third-order valence-electron chi connectivity index (χ3n) is 3.12. The first-order chi connectivity index (χ1) is 9.03. The van der Waals surface area contributed by atoms with E-state index < -0.39 is 5.60 Å². The van der Waals surface area contributed by atoms with Crippen LogP contribution in [0.1, 0.15) is 20.3 Å². The predicted molar refractivity (Wildman–Crippen MR) is 68.9 cm³/mol. The van der Waals surface area contributed by atoms with Crippen LogP contribution in [0, 0.1) is 0 Å². The molecule has 1 aromatic rings. The van der Waals surface area contributed by atoms with Gasteiger partial charge < -0.3 is 25.6 Å². The molecule has 1 aliphatic heterocycles. The van der Waals surface area contributed by atoms with E-state index in [2.05, 4.69) is 20.3 Å². The number of nitrogen functional groups attached to an aromatic ring is 1. The standard InChI is InChI=1S/C11H19N5O3/c1-3-18-10-15-8(12)14-9(16-10)13-6-11(17)4-5-19-7(11)2/h7,17H,3-6H2,1-2H3,(H3,12,13,14,15,16).